The first-order valence-electron chi connectivity index (χ1n) is 9.09. The molecule has 27 heavy (non-hydrogen) atoms. The van der Waals surface area contributed by atoms with Crippen molar-refractivity contribution in [3.8, 4) is 0 Å². The zero-order valence-corrected chi connectivity index (χ0v) is 16.2. The van der Waals surface area contributed by atoms with Gasteiger partial charge in [-0.2, -0.15) is 0 Å². The topological polar surface area (TPSA) is 78.5 Å². The Morgan fingerprint density at radius 1 is 1.19 bits per heavy atom. The zero-order valence-electron chi connectivity index (χ0n) is 15.4. The molecule has 144 valence electrons. The van der Waals surface area contributed by atoms with E-state index in [-0.39, 0.29) is 16.8 Å². The predicted molar refractivity (Wildman–Crippen MR) is 105 cm³/mol. The van der Waals surface area contributed by atoms with Gasteiger partial charge in [-0.15, -0.1) is 0 Å². The molecule has 2 aromatic carbocycles. The van der Waals surface area contributed by atoms with Crippen molar-refractivity contribution >= 4 is 15.9 Å². The fourth-order valence-electron chi connectivity index (χ4n) is 3.08. The van der Waals surface area contributed by atoms with Crippen LogP contribution in [0.15, 0.2) is 59.5 Å². The minimum Gasteiger partial charge on any atom is -0.348 e. The summed E-state index contributed by atoms with van der Waals surface area (Å²) in [5.41, 5.74) is 1.44. The molecule has 0 unspecified atom stereocenters. The van der Waals surface area contributed by atoms with Gasteiger partial charge in [0.2, 0.25) is 10.0 Å². The van der Waals surface area contributed by atoms with Crippen molar-refractivity contribution in [2.45, 2.75) is 23.8 Å². The molecule has 1 heterocycles. The molecule has 0 aliphatic carbocycles. The maximum atomic E-state index is 12.9. The van der Waals surface area contributed by atoms with Crippen molar-refractivity contribution in [2.75, 3.05) is 26.7 Å². The number of nitrogens with zero attached hydrogens (tertiary/aromatic N) is 1. The molecule has 1 aliphatic rings. The Balaban J connectivity index is 1.69. The van der Waals surface area contributed by atoms with E-state index in [9.17, 15) is 13.2 Å². The first-order chi connectivity index (χ1) is 13.0. The van der Waals surface area contributed by atoms with Crippen LogP contribution < -0.4 is 10.6 Å². The summed E-state index contributed by atoms with van der Waals surface area (Å²) in [4.78, 5) is 12.5. The van der Waals surface area contributed by atoms with Gasteiger partial charge in [-0.3, -0.25) is 4.79 Å². The quantitative estimate of drug-likeness (QED) is 0.757. The fourth-order valence-corrected chi connectivity index (χ4v) is 4.29. The van der Waals surface area contributed by atoms with E-state index in [4.69, 9.17) is 0 Å². The number of sulfonamides is 1. The molecule has 0 spiro atoms. The number of nitrogens with one attached hydrogen (secondary N) is 2. The van der Waals surface area contributed by atoms with E-state index in [1.807, 2.05) is 30.3 Å². The molecule has 0 aromatic heterocycles. The second-order valence-corrected chi connectivity index (χ2v) is 8.80. The van der Waals surface area contributed by atoms with E-state index in [0.717, 1.165) is 25.1 Å². The van der Waals surface area contributed by atoms with Crippen molar-refractivity contribution in [2.24, 2.45) is 0 Å². The molecule has 2 N–H and O–H groups in total. The molecule has 7 heteroatoms. The molecule has 1 fully saturated rings. The van der Waals surface area contributed by atoms with Crippen molar-refractivity contribution in [1.29, 1.82) is 0 Å². The fraction of sp³-hybridized carbons (Fsp3) is 0.350. The molecule has 1 aliphatic heterocycles. The Morgan fingerprint density at radius 2 is 1.96 bits per heavy atom. The molecule has 3 rings (SSSR count). The zero-order chi connectivity index (χ0) is 19.3. The van der Waals surface area contributed by atoms with Crippen LogP contribution in [0.2, 0.25) is 0 Å². The lowest BCUT2D eigenvalue weighted by atomic mass is 10.2. The second kappa shape index (κ2) is 8.65. The third-order valence-electron chi connectivity index (χ3n) is 4.76. The first-order valence-corrected chi connectivity index (χ1v) is 10.5. The average molecular weight is 388 g/mol. The highest BCUT2D eigenvalue weighted by Gasteiger charge is 2.23. The van der Waals surface area contributed by atoms with Crippen LogP contribution in [0.25, 0.3) is 0 Å². The average Bonchev–Trinajstić information content (AvgIpc) is 3.20. The van der Waals surface area contributed by atoms with Gasteiger partial charge in [-0.05, 0) is 43.1 Å². The number of hydrogen-bond acceptors (Lipinski definition) is 4. The van der Waals surface area contributed by atoms with E-state index >= 15 is 0 Å². The Hall–Kier alpha value is -2.22. The van der Waals surface area contributed by atoms with Crippen molar-refractivity contribution in [1.82, 2.24) is 14.9 Å². The van der Waals surface area contributed by atoms with Crippen LogP contribution in [-0.4, -0.2) is 51.4 Å². The lowest BCUT2D eigenvalue weighted by Gasteiger charge is -2.18. The van der Waals surface area contributed by atoms with Crippen LogP contribution in [0.5, 0.6) is 0 Å². The Bertz CT molecular complexity index is 878. The Labute approximate surface area is 160 Å². The largest absolute Gasteiger partial charge is 0.348 e. The highest BCUT2D eigenvalue weighted by atomic mass is 32.2. The normalized spacial score (nSPS) is 17.2. The molecule has 0 saturated carbocycles. The van der Waals surface area contributed by atoms with Crippen molar-refractivity contribution in [3.63, 3.8) is 0 Å². The number of likely N-dealkylation sites (N-methyl/N-ethyl adjacent to an activating group) is 1. The van der Waals surface area contributed by atoms with Crippen LogP contribution in [0.3, 0.4) is 0 Å². The third kappa shape index (κ3) is 4.94. The standard InChI is InChI=1S/C20H25N3O3S/c1-23(13-11-16-6-3-2-4-7-16)27(25,26)19-9-5-8-17(14-19)20(24)22-18-10-12-21-15-18/h2-9,14,18,21H,10-13,15H2,1H3,(H,22,24)/t18-/m1/s1. The number of hydrogen-bond donors (Lipinski definition) is 2. The van der Waals surface area contributed by atoms with E-state index in [2.05, 4.69) is 10.6 Å². The van der Waals surface area contributed by atoms with Gasteiger partial charge in [0.05, 0.1) is 4.90 Å². The summed E-state index contributed by atoms with van der Waals surface area (Å²) in [7, 11) is -2.09. The molecule has 0 bridgehead atoms. The highest BCUT2D eigenvalue weighted by Crippen LogP contribution is 2.17. The molecule has 2 aromatic rings. The SMILES string of the molecule is CN(CCc1ccccc1)S(=O)(=O)c1cccc(C(=O)N[C@@H]2CCNC2)c1. The van der Waals surface area contributed by atoms with Crippen LogP contribution in [0.4, 0.5) is 0 Å². The smallest absolute Gasteiger partial charge is 0.251 e. The van der Waals surface area contributed by atoms with Gasteiger partial charge in [0, 0.05) is 31.7 Å². The lowest BCUT2D eigenvalue weighted by molar-refractivity contribution is 0.0940. The van der Waals surface area contributed by atoms with Gasteiger partial charge < -0.3 is 10.6 Å². The Kier molecular flexibility index (Phi) is 6.26. The van der Waals surface area contributed by atoms with E-state index in [1.54, 1.807) is 19.2 Å². The summed E-state index contributed by atoms with van der Waals surface area (Å²) in [6.07, 6.45) is 1.51. The number of rotatable bonds is 7. The monoisotopic (exact) mass is 387 g/mol. The van der Waals surface area contributed by atoms with Gasteiger partial charge in [0.15, 0.2) is 0 Å². The van der Waals surface area contributed by atoms with Gasteiger partial charge in [-0.1, -0.05) is 36.4 Å². The molecule has 6 nitrogen and oxygen atoms in total. The van der Waals surface area contributed by atoms with Crippen LogP contribution >= 0.6 is 0 Å². The number of benzene rings is 2. The van der Waals surface area contributed by atoms with Crippen LogP contribution in [-0.2, 0) is 16.4 Å². The van der Waals surface area contributed by atoms with Crippen molar-refractivity contribution < 1.29 is 13.2 Å². The van der Waals surface area contributed by atoms with Gasteiger partial charge in [0.1, 0.15) is 0 Å². The van der Waals surface area contributed by atoms with Gasteiger partial charge >= 0.3 is 0 Å². The highest BCUT2D eigenvalue weighted by molar-refractivity contribution is 7.89. The number of carbonyl (C=O) groups excluding carboxylic acids is 1. The van der Waals surface area contributed by atoms with Gasteiger partial charge in [0.25, 0.3) is 5.91 Å². The minimum absolute atomic E-state index is 0.0892. The minimum atomic E-state index is -3.65. The number of amides is 1. The van der Waals surface area contributed by atoms with Crippen LogP contribution in [0.1, 0.15) is 22.3 Å². The molecular formula is C20H25N3O3S. The predicted octanol–water partition coefficient (Wildman–Crippen LogP) is 1.64. The Morgan fingerprint density at radius 3 is 2.67 bits per heavy atom. The van der Waals surface area contributed by atoms with Gasteiger partial charge in [-0.25, -0.2) is 12.7 Å². The summed E-state index contributed by atoms with van der Waals surface area (Å²) < 4.78 is 27.0. The number of carbonyl (C=O) groups is 1. The lowest BCUT2D eigenvalue weighted by Crippen LogP contribution is -2.36. The van der Waals surface area contributed by atoms with E-state index in [0.29, 0.717) is 18.5 Å². The molecular weight excluding hydrogens is 362 g/mol. The molecule has 1 atom stereocenters. The maximum absolute atomic E-state index is 12.9. The molecule has 1 saturated heterocycles. The summed E-state index contributed by atoms with van der Waals surface area (Å²) in [6, 6.07) is 16.1. The second-order valence-electron chi connectivity index (χ2n) is 6.75. The van der Waals surface area contributed by atoms with E-state index in [1.165, 1.54) is 16.4 Å². The summed E-state index contributed by atoms with van der Waals surface area (Å²) in [6.45, 7) is 1.99. The molecule has 0 radical (unpaired) electrons. The maximum Gasteiger partial charge on any atom is 0.251 e. The first kappa shape index (κ1) is 19.5. The third-order valence-corrected chi connectivity index (χ3v) is 6.61. The summed E-state index contributed by atoms with van der Waals surface area (Å²) >= 11 is 0. The molecule has 1 amide bonds. The summed E-state index contributed by atoms with van der Waals surface area (Å²) in [5, 5.41) is 6.13. The van der Waals surface area contributed by atoms with Crippen molar-refractivity contribution in [3.05, 3.63) is 65.7 Å². The summed E-state index contributed by atoms with van der Waals surface area (Å²) in [5.74, 6) is -0.243. The van der Waals surface area contributed by atoms with Crippen LogP contribution in [0, 0.1) is 0 Å². The van der Waals surface area contributed by atoms with E-state index < -0.39 is 10.0 Å².